The van der Waals surface area contributed by atoms with Gasteiger partial charge in [0.15, 0.2) is 0 Å². The number of hydrogen-bond donors (Lipinski definition) is 1. The third-order valence-corrected chi connectivity index (χ3v) is 1.71. The summed E-state index contributed by atoms with van der Waals surface area (Å²) in [6.07, 6.45) is 8.07. The first-order valence-electron chi connectivity index (χ1n) is 4.12. The van der Waals surface area contributed by atoms with Crippen LogP contribution in [0.15, 0.2) is 12.2 Å². The third kappa shape index (κ3) is 5.83. The zero-order valence-electron chi connectivity index (χ0n) is 7.14. The van der Waals surface area contributed by atoms with Gasteiger partial charge in [-0.2, -0.15) is 0 Å². The van der Waals surface area contributed by atoms with Gasteiger partial charge in [-0.3, -0.25) is 0 Å². The molecule has 0 saturated carbocycles. The summed E-state index contributed by atoms with van der Waals surface area (Å²) in [5.41, 5.74) is 5.47. The van der Waals surface area contributed by atoms with Crippen molar-refractivity contribution < 1.29 is 0 Å². The Morgan fingerprint density at radius 2 is 2.20 bits per heavy atom. The highest BCUT2D eigenvalue weighted by Gasteiger charge is 1.95. The van der Waals surface area contributed by atoms with Gasteiger partial charge in [0.05, 0.1) is 0 Å². The molecule has 2 N–H and O–H groups in total. The SMILES string of the molecule is C/C=C\CCCC(C)CN. The molecule has 0 bridgehead atoms. The fourth-order valence-electron chi connectivity index (χ4n) is 0.869. The van der Waals surface area contributed by atoms with Crippen molar-refractivity contribution in [3.05, 3.63) is 12.2 Å². The molecule has 0 fully saturated rings. The molecule has 1 heteroatoms. The fourth-order valence-corrected chi connectivity index (χ4v) is 0.869. The van der Waals surface area contributed by atoms with Crippen molar-refractivity contribution in [2.24, 2.45) is 11.7 Å². The summed E-state index contributed by atoms with van der Waals surface area (Å²) >= 11 is 0. The van der Waals surface area contributed by atoms with Gasteiger partial charge in [0.25, 0.3) is 0 Å². The maximum atomic E-state index is 5.47. The van der Waals surface area contributed by atoms with Gasteiger partial charge in [0, 0.05) is 0 Å². The summed E-state index contributed by atoms with van der Waals surface area (Å²) in [5, 5.41) is 0. The molecule has 0 aromatic rings. The molecule has 0 aliphatic rings. The van der Waals surface area contributed by atoms with Crippen molar-refractivity contribution in [1.29, 1.82) is 0 Å². The average molecular weight is 141 g/mol. The van der Waals surface area contributed by atoms with E-state index < -0.39 is 0 Å². The molecule has 0 aromatic carbocycles. The maximum absolute atomic E-state index is 5.47. The van der Waals surface area contributed by atoms with Gasteiger partial charge in [0.2, 0.25) is 0 Å². The minimum atomic E-state index is 0.699. The predicted molar refractivity (Wildman–Crippen MR) is 46.9 cm³/mol. The van der Waals surface area contributed by atoms with Crippen LogP contribution in [0, 0.1) is 5.92 Å². The Morgan fingerprint density at radius 1 is 1.50 bits per heavy atom. The maximum Gasteiger partial charge on any atom is -0.00515 e. The highest BCUT2D eigenvalue weighted by Crippen LogP contribution is 2.05. The molecule has 60 valence electrons. The monoisotopic (exact) mass is 141 g/mol. The Labute approximate surface area is 64.3 Å². The molecule has 1 unspecified atom stereocenters. The van der Waals surface area contributed by atoms with E-state index in [-0.39, 0.29) is 0 Å². The molecule has 0 aliphatic heterocycles. The van der Waals surface area contributed by atoms with E-state index in [0.29, 0.717) is 5.92 Å². The second-order valence-corrected chi connectivity index (χ2v) is 2.84. The number of unbranched alkanes of at least 4 members (excludes halogenated alkanes) is 1. The van der Waals surface area contributed by atoms with Gasteiger partial charge < -0.3 is 5.73 Å². The van der Waals surface area contributed by atoms with Gasteiger partial charge in [-0.25, -0.2) is 0 Å². The Kier molecular flexibility index (Phi) is 6.61. The standard InChI is InChI=1S/C9H19N/c1-3-4-5-6-7-9(2)8-10/h3-4,9H,5-8,10H2,1-2H3/b4-3-. The fraction of sp³-hybridized carbons (Fsp3) is 0.778. The lowest BCUT2D eigenvalue weighted by Crippen LogP contribution is -2.09. The smallest absolute Gasteiger partial charge is 0.00515 e. The van der Waals surface area contributed by atoms with Crippen LogP contribution >= 0.6 is 0 Å². The van der Waals surface area contributed by atoms with Crippen LogP contribution < -0.4 is 5.73 Å². The molecule has 0 aromatic heterocycles. The Balaban J connectivity index is 3.03. The lowest BCUT2D eigenvalue weighted by molar-refractivity contribution is 0.523. The van der Waals surface area contributed by atoms with Crippen LogP contribution in [0.3, 0.4) is 0 Å². The average Bonchev–Trinajstić information content (AvgIpc) is 1.98. The van der Waals surface area contributed by atoms with Crippen molar-refractivity contribution in [3.8, 4) is 0 Å². The van der Waals surface area contributed by atoms with E-state index in [1.165, 1.54) is 19.3 Å². The Morgan fingerprint density at radius 3 is 2.70 bits per heavy atom. The molecule has 0 spiro atoms. The largest absolute Gasteiger partial charge is 0.330 e. The van der Waals surface area contributed by atoms with Crippen LogP contribution in [-0.2, 0) is 0 Å². The summed E-state index contributed by atoms with van der Waals surface area (Å²) in [6, 6.07) is 0. The molecule has 1 nitrogen and oxygen atoms in total. The van der Waals surface area contributed by atoms with Gasteiger partial charge in [0.1, 0.15) is 0 Å². The molecule has 0 radical (unpaired) electrons. The summed E-state index contributed by atoms with van der Waals surface area (Å²) in [6.45, 7) is 5.10. The predicted octanol–water partition coefficient (Wildman–Crippen LogP) is 2.33. The van der Waals surface area contributed by atoms with Crippen LogP contribution in [-0.4, -0.2) is 6.54 Å². The second kappa shape index (κ2) is 6.81. The highest BCUT2D eigenvalue weighted by molar-refractivity contribution is 4.76. The summed E-state index contributed by atoms with van der Waals surface area (Å²) in [7, 11) is 0. The Hall–Kier alpha value is -0.300. The van der Waals surface area contributed by atoms with Crippen LogP contribution in [0.1, 0.15) is 33.1 Å². The van der Waals surface area contributed by atoms with Crippen molar-refractivity contribution in [1.82, 2.24) is 0 Å². The van der Waals surface area contributed by atoms with Crippen molar-refractivity contribution in [3.63, 3.8) is 0 Å². The van der Waals surface area contributed by atoms with Gasteiger partial charge in [-0.15, -0.1) is 0 Å². The number of allylic oxidation sites excluding steroid dienone is 2. The molecule has 10 heavy (non-hydrogen) atoms. The molecule has 0 rings (SSSR count). The van der Waals surface area contributed by atoms with Crippen molar-refractivity contribution in [2.45, 2.75) is 33.1 Å². The minimum absolute atomic E-state index is 0.699. The first-order chi connectivity index (χ1) is 4.81. The van der Waals surface area contributed by atoms with Crippen LogP contribution in [0.5, 0.6) is 0 Å². The van der Waals surface area contributed by atoms with E-state index >= 15 is 0 Å². The van der Waals surface area contributed by atoms with Gasteiger partial charge in [-0.1, -0.05) is 19.1 Å². The second-order valence-electron chi connectivity index (χ2n) is 2.84. The van der Waals surface area contributed by atoms with E-state index in [0.717, 1.165) is 6.54 Å². The normalized spacial score (nSPS) is 14.3. The lowest BCUT2D eigenvalue weighted by Gasteiger charge is -2.04. The summed E-state index contributed by atoms with van der Waals surface area (Å²) < 4.78 is 0. The molecular weight excluding hydrogens is 122 g/mol. The number of rotatable bonds is 5. The zero-order chi connectivity index (χ0) is 7.82. The van der Waals surface area contributed by atoms with Crippen LogP contribution in [0.2, 0.25) is 0 Å². The third-order valence-electron chi connectivity index (χ3n) is 1.71. The molecule has 0 saturated heterocycles. The van der Waals surface area contributed by atoms with E-state index in [4.69, 9.17) is 5.73 Å². The van der Waals surface area contributed by atoms with Gasteiger partial charge >= 0.3 is 0 Å². The molecule has 0 amide bonds. The molecular formula is C9H19N. The van der Waals surface area contributed by atoms with E-state index in [2.05, 4.69) is 26.0 Å². The molecule has 0 heterocycles. The highest BCUT2D eigenvalue weighted by atomic mass is 14.5. The molecule has 1 atom stereocenters. The summed E-state index contributed by atoms with van der Waals surface area (Å²) in [5.74, 6) is 0.699. The Bertz CT molecular complexity index is 86.7. The van der Waals surface area contributed by atoms with Crippen molar-refractivity contribution in [2.75, 3.05) is 6.54 Å². The number of nitrogens with two attached hydrogens (primary N) is 1. The van der Waals surface area contributed by atoms with E-state index in [1.54, 1.807) is 0 Å². The quantitative estimate of drug-likeness (QED) is 0.461. The topological polar surface area (TPSA) is 26.0 Å². The first kappa shape index (κ1) is 9.70. The van der Waals surface area contributed by atoms with Crippen LogP contribution in [0.25, 0.3) is 0 Å². The lowest BCUT2D eigenvalue weighted by atomic mass is 10.0. The van der Waals surface area contributed by atoms with E-state index in [1.807, 2.05) is 0 Å². The van der Waals surface area contributed by atoms with Gasteiger partial charge in [-0.05, 0) is 38.6 Å². The first-order valence-corrected chi connectivity index (χ1v) is 4.12. The van der Waals surface area contributed by atoms with Crippen LogP contribution in [0.4, 0.5) is 0 Å². The van der Waals surface area contributed by atoms with Crippen molar-refractivity contribution >= 4 is 0 Å². The number of hydrogen-bond acceptors (Lipinski definition) is 1. The molecule has 0 aliphatic carbocycles. The minimum Gasteiger partial charge on any atom is -0.330 e. The van der Waals surface area contributed by atoms with E-state index in [9.17, 15) is 0 Å². The zero-order valence-corrected chi connectivity index (χ0v) is 7.14. The summed E-state index contributed by atoms with van der Waals surface area (Å²) in [4.78, 5) is 0.